The van der Waals surface area contributed by atoms with E-state index in [1.807, 2.05) is 32.9 Å². The highest BCUT2D eigenvalue weighted by Crippen LogP contribution is 2.35. The molecule has 21 heavy (non-hydrogen) atoms. The van der Waals surface area contributed by atoms with E-state index in [1.165, 1.54) is 5.56 Å². The van der Waals surface area contributed by atoms with Crippen LogP contribution in [0.1, 0.15) is 45.7 Å². The van der Waals surface area contributed by atoms with Gasteiger partial charge >= 0.3 is 5.97 Å². The molecule has 1 aliphatic heterocycles. The van der Waals surface area contributed by atoms with Crippen molar-refractivity contribution in [1.29, 1.82) is 0 Å². The van der Waals surface area contributed by atoms with Crippen LogP contribution in [0.25, 0.3) is 0 Å². The maximum atomic E-state index is 11.6. The van der Waals surface area contributed by atoms with Gasteiger partial charge in [0.25, 0.3) is 0 Å². The summed E-state index contributed by atoms with van der Waals surface area (Å²) in [7, 11) is 0. The van der Waals surface area contributed by atoms with Gasteiger partial charge in [-0.05, 0) is 51.8 Å². The number of nitrogens with one attached hydrogen (secondary N) is 1. The van der Waals surface area contributed by atoms with Crippen LogP contribution < -0.4 is 10.1 Å². The third-order valence-electron chi connectivity index (χ3n) is 3.15. The fourth-order valence-corrected chi connectivity index (χ4v) is 2.46. The molecule has 0 saturated heterocycles. The summed E-state index contributed by atoms with van der Waals surface area (Å²) in [6, 6.07) is 6.18. The van der Waals surface area contributed by atoms with E-state index in [0.717, 1.165) is 17.7 Å². The third kappa shape index (κ3) is 4.74. The summed E-state index contributed by atoms with van der Waals surface area (Å²) in [6.45, 7) is 10.7. The zero-order valence-corrected chi connectivity index (χ0v) is 13.6. The number of fused-ring (bicyclic) bond motifs is 1. The van der Waals surface area contributed by atoms with Crippen LogP contribution in [0.3, 0.4) is 0 Å². The number of carbonyl (C=O) groups excluding carboxylic acids is 1. The molecule has 0 amide bonds. The lowest BCUT2D eigenvalue weighted by Crippen LogP contribution is -2.31. The normalized spacial score (nSPS) is 16.2. The summed E-state index contributed by atoms with van der Waals surface area (Å²) >= 11 is 0. The SMILES string of the molecule is CC(C)(C)OC(=O)CNCc1ccc2c(c1)CC(C)(C)O2. The fraction of sp³-hybridized carbons (Fsp3) is 0.588. The van der Waals surface area contributed by atoms with Crippen LogP contribution in [0.4, 0.5) is 0 Å². The quantitative estimate of drug-likeness (QED) is 0.867. The smallest absolute Gasteiger partial charge is 0.320 e. The molecule has 0 bridgehead atoms. The van der Waals surface area contributed by atoms with Crippen LogP contribution in [0.15, 0.2) is 18.2 Å². The van der Waals surface area contributed by atoms with Crippen LogP contribution in [-0.4, -0.2) is 23.7 Å². The summed E-state index contributed by atoms with van der Waals surface area (Å²) in [6.07, 6.45) is 0.919. The maximum absolute atomic E-state index is 11.6. The number of esters is 1. The summed E-state index contributed by atoms with van der Waals surface area (Å²) in [4.78, 5) is 11.6. The lowest BCUT2D eigenvalue weighted by Gasteiger charge is -2.19. The Morgan fingerprint density at radius 1 is 1.38 bits per heavy atom. The third-order valence-corrected chi connectivity index (χ3v) is 3.15. The molecule has 0 radical (unpaired) electrons. The Balaban J connectivity index is 1.84. The van der Waals surface area contributed by atoms with Gasteiger partial charge in [0.15, 0.2) is 0 Å². The lowest BCUT2D eigenvalue weighted by atomic mass is 10.0. The number of rotatable bonds is 4. The van der Waals surface area contributed by atoms with Crippen LogP contribution in [0.2, 0.25) is 0 Å². The largest absolute Gasteiger partial charge is 0.487 e. The van der Waals surface area contributed by atoms with Crippen molar-refractivity contribution in [1.82, 2.24) is 5.32 Å². The molecular formula is C17H25NO3. The molecule has 1 aromatic carbocycles. The molecule has 1 aliphatic rings. The molecule has 0 aromatic heterocycles. The van der Waals surface area contributed by atoms with Crippen LogP contribution in [-0.2, 0) is 22.5 Å². The highest BCUT2D eigenvalue weighted by Gasteiger charge is 2.29. The van der Waals surface area contributed by atoms with Gasteiger partial charge in [-0.1, -0.05) is 12.1 Å². The molecule has 1 heterocycles. The van der Waals surface area contributed by atoms with Crippen molar-refractivity contribution in [3.8, 4) is 5.75 Å². The van der Waals surface area contributed by atoms with Crippen molar-refractivity contribution in [2.24, 2.45) is 0 Å². The van der Waals surface area contributed by atoms with Crippen molar-refractivity contribution in [3.05, 3.63) is 29.3 Å². The van der Waals surface area contributed by atoms with Crippen molar-refractivity contribution in [2.45, 2.75) is 58.8 Å². The van der Waals surface area contributed by atoms with E-state index in [2.05, 4.69) is 25.2 Å². The standard InChI is InChI=1S/C17H25NO3/c1-16(2,3)21-15(19)11-18-10-12-6-7-14-13(8-12)9-17(4,5)20-14/h6-8,18H,9-11H2,1-5H3. The van der Waals surface area contributed by atoms with Crippen molar-refractivity contribution >= 4 is 5.97 Å². The number of hydrogen-bond acceptors (Lipinski definition) is 4. The van der Waals surface area contributed by atoms with Crippen LogP contribution >= 0.6 is 0 Å². The second kappa shape index (κ2) is 5.68. The molecule has 0 fully saturated rings. The molecular weight excluding hydrogens is 266 g/mol. The van der Waals surface area contributed by atoms with Crippen LogP contribution in [0.5, 0.6) is 5.75 Å². The van der Waals surface area contributed by atoms with E-state index in [0.29, 0.717) is 6.54 Å². The van der Waals surface area contributed by atoms with Crippen molar-refractivity contribution < 1.29 is 14.3 Å². The van der Waals surface area contributed by atoms with E-state index in [4.69, 9.17) is 9.47 Å². The van der Waals surface area contributed by atoms with Crippen molar-refractivity contribution in [2.75, 3.05) is 6.54 Å². The predicted octanol–water partition coefficient (Wildman–Crippen LogP) is 2.83. The van der Waals surface area contributed by atoms with Gasteiger partial charge in [-0.2, -0.15) is 0 Å². The molecule has 116 valence electrons. The molecule has 0 atom stereocenters. The molecule has 0 saturated carbocycles. The molecule has 2 rings (SSSR count). The Morgan fingerprint density at radius 2 is 2.10 bits per heavy atom. The zero-order valence-electron chi connectivity index (χ0n) is 13.6. The molecule has 1 aromatic rings. The Bertz CT molecular complexity index is 529. The van der Waals surface area contributed by atoms with E-state index in [9.17, 15) is 4.79 Å². The van der Waals surface area contributed by atoms with Gasteiger partial charge in [0.05, 0.1) is 6.54 Å². The molecule has 4 heteroatoms. The number of hydrogen-bond donors (Lipinski definition) is 1. The minimum absolute atomic E-state index is 0.120. The Hall–Kier alpha value is -1.55. The molecule has 4 nitrogen and oxygen atoms in total. The summed E-state index contributed by atoms with van der Waals surface area (Å²) < 4.78 is 11.1. The van der Waals surface area contributed by atoms with Gasteiger partial charge in [0.2, 0.25) is 0 Å². The first kappa shape index (κ1) is 15.8. The Morgan fingerprint density at radius 3 is 2.76 bits per heavy atom. The minimum atomic E-state index is -0.435. The van der Waals surface area contributed by atoms with Gasteiger partial charge in [-0.3, -0.25) is 4.79 Å². The van der Waals surface area contributed by atoms with Crippen molar-refractivity contribution in [3.63, 3.8) is 0 Å². The average molecular weight is 291 g/mol. The van der Waals surface area contributed by atoms with Gasteiger partial charge in [-0.25, -0.2) is 0 Å². The minimum Gasteiger partial charge on any atom is -0.487 e. The van der Waals surface area contributed by atoms with E-state index in [1.54, 1.807) is 0 Å². The first-order valence-corrected chi connectivity index (χ1v) is 7.38. The van der Waals surface area contributed by atoms with Gasteiger partial charge < -0.3 is 14.8 Å². The monoisotopic (exact) mass is 291 g/mol. The molecule has 0 spiro atoms. The highest BCUT2D eigenvalue weighted by molar-refractivity contribution is 5.72. The Kier molecular flexibility index (Phi) is 4.28. The first-order valence-electron chi connectivity index (χ1n) is 7.38. The molecule has 0 unspecified atom stereocenters. The molecule has 0 aliphatic carbocycles. The van der Waals surface area contributed by atoms with E-state index >= 15 is 0 Å². The van der Waals surface area contributed by atoms with E-state index < -0.39 is 5.60 Å². The summed E-state index contributed by atoms with van der Waals surface area (Å²) in [5, 5.41) is 3.12. The second-order valence-corrected chi connectivity index (χ2v) is 7.17. The summed E-state index contributed by atoms with van der Waals surface area (Å²) in [5.41, 5.74) is 1.83. The number of ether oxygens (including phenoxy) is 2. The zero-order chi connectivity index (χ0) is 15.7. The fourth-order valence-electron chi connectivity index (χ4n) is 2.46. The number of carbonyl (C=O) groups is 1. The topological polar surface area (TPSA) is 47.6 Å². The average Bonchev–Trinajstić information content (AvgIpc) is 2.59. The summed E-state index contributed by atoms with van der Waals surface area (Å²) in [5.74, 6) is 0.740. The molecule has 1 N–H and O–H groups in total. The Labute approximate surface area is 126 Å². The lowest BCUT2D eigenvalue weighted by molar-refractivity contribution is -0.153. The van der Waals surface area contributed by atoms with Gasteiger partial charge in [-0.15, -0.1) is 0 Å². The van der Waals surface area contributed by atoms with Gasteiger partial charge in [0.1, 0.15) is 17.0 Å². The van der Waals surface area contributed by atoms with E-state index in [-0.39, 0.29) is 18.1 Å². The second-order valence-electron chi connectivity index (χ2n) is 7.17. The number of benzene rings is 1. The maximum Gasteiger partial charge on any atom is 0.320 e. The first-order chi connectivity index (χ1) is 9.65. The highest BCUT2D eigenvalue weighted by atomic mass is 16.6. The van der Waals surface area contributed by atoms with Gasteiger partial charge in [0, 0.05) is 13.0 Å². The van der Waals surface area contributed by atoms with Crippen LogP contribution in [0, 0.1) is 0 Å². The predicted molar refractivity (Wildman–Crippen MR) is 82.4 cm³/mol.